The van der Waals surface area contributed by atoms with Crippen molar-refractivity contribution in [2.45, 2.75) is 6.54 Å². The van der Waals surface area contributed by atoms with Gasteiger partial charge in [0, 0.05) is 7.11 Å². The Morgan fingerprint density at radius 2 is 2.33 bits per heavy atom. The highest BCUT2D eigenvalue weighted by Gasteiger charge is 2.11. The molecule has 0 bridgehead atoms. The summed E-state index contributed by atoms with van der Waals surface area (Å²) in [7, 11) is 1.62. The third-order valence-electron chi connectivity index (χ3n) is 2.06. The minimum atomic E-state index is -0.317. The number of hydrogen-bond donors (Lipinski definition) is 0. The van der Waals surface area contributed by atoms with Crippen LogP contribution in [0.5, 0.6) is 0 Å². The highest BCUT2D eigenvalue weighted by atomic mass is 127. The number of aromatic nitrogens is 3. The van der Waals surface area contributed by atoms with Gasteiger partial charge in [0.15, 0.2) is 5.82 Å². The summed E-state index contributed by atoms with van der Waals surface area (Å²) in [5, 5.41) is 4.14. The average molecular weight is 321 g/mol. The molecule has 0 spiro atoms. The van der Waals surface area contributed by atoms with Gasteiger partial charge < -0.3 is 4.74 Å². The van der Waals surface area contributed by atoms with Crippen molar-refractivity contribution in [3.63, 3.8) is 0 Å². The Hall–Kier alpha value is -0.760. The topological polar surface area (TPSA) is 39.9 Å². The zero-order chi connectivity index (χ0) is 10.8. The van der Waals surface area contributed by atoms with Gasteiger partial charge in [0.1, 0.15) is 11.0 Å². The fourth-order valence-corrected chi connectivity index (χ4v) is 2.03. The third kappa shape index (κ3) is 1.96. The molecule has 0 aliphatic carbocycles. The first-order valence-corrected chi connectivity index (χ1v) is 5.46. The molecule has 2 heterocycles. The van der Waals surface area contributed by atoms with Crippen LogP contribution in [0.4, 0.5) is 4.39 Å². The molecule has 0 saturated carbocycles. The lowest BCUT2D eigenvalue weighted by molar-refractivity contribution is 0.185. The van der Waals surface area contributed by atoms with Crippen LogP contribution in [0.15, 0.2) is 12.4 Å². The minimum absolute atomic E-state index is 0.317. The molecule has 0 aliphatic heterocycles. The van der Waals surface area contributed by atoms with E-state index in [0.29, 0.717) is 22.2 Å². The zero-order valence-electron chi connectivity index (χ0n) is 8.07. The van der Waals surface area contributed by atoms with Crippen LogP contribution in [0.1, 0.15) is 0 Å². The summed E-state index contributed by atoms with van der Waals surface area (Å²) in [5.74, 6) is -0.317. The van der Waals surface area contributed by atoms with Gasteiger partial charge in [-0.05, 0) is 22.6 Å². The number of fused-ring (bicyclic) bond motifs is 1. The van der Waals surface area contributed by atoms with Crippen LogP contribution in [-0.2, 0) is 11.3 Å². The quantitative estimate of drug-likeness (QED) is 0.810. The molecule has 0 aromatic carbocycles. The maximum atomic E-state index is 13.3. The lowest BCUT2D eigenvalue weighted by Crippen LogP contribution is -2.06. The fourth-order valence-electron chi connectivity index (χ4n) is 1.34. The Balaban J connectivity index is 2.51. The van der Waals surface area contributed by atoms with Gasteiger partial charge in [0.25, 0.3) is 0 Å². The first-order chi connectivity index (χ1) is 7.24. The molecule has 6 heteroatoms. The van der Waals surface area contributed by atoms with Crippen molar-refractivity contribution in [2.75, 3.05) is 13.7 Å². The predicted molar refractivity (Wildman–Crippen MR) is 62.1 cm³/mol. The SMILES string of the molecule is COCCn1ncc2ncc(F)c(I)c21. The van der Waals surface area contributed by atoms with E-state index in [4.69, 9.17) is 4.74 Å². The van der Waals surface area contributed by atoms with Crippen LogP contribution < -0.4 is 0 Å². The van der Waals surface area contributed by atoms with E-state index in [1.807, 2.05) is 22.6 Å². The lowest BCUT2D eigenvalue weighted by atomic mass is 10.4. The second-order valence-electron chi connectivity index (χ2n) is 3.01. The average Bonchev–Trinajstić information content (AvgIpc) is 2.64. The summed E-state index contributed by atoms with van der Waals surface area (Å²) in [6.45, 7) is 1.14. The molecule has 4 nitrogen and oxygen atoms in total. The number of nitrogens with zero attached hydrogens (tertiary/aromatic N) is 3. The maximum absolute atomic E-state index is 13.3. The highest BCUT2D eigenvalue weighted by Crippen LogP contribution is 2.20. The summed E-state index contributed by atoms with van der Waals surface area (Å²) in [6.07, 6.45) is 2.85. The van der Waals surface area contributed by atoms with E-state index in [0.717, 1.165) is 5.52 Å². The third-order valence-corrected chi connectivity index (χ3v) is 3.09. The van der Waals surface area contributed by atoms with Gasteiger partial charge in [-0.25, -0.2) is 9.37 Å². The predicted octanol–water partition coefficient (Wildman–Crippen LogP) is 1.82. The minimum Gasteiger partial charge on any atom is -0.383 e. The van der Waals surface area contributed by atoms with Crippen molar-refractivity contribution in [1.82, 2.24) is 14.8 Å². The van der Waals surface area contributed by atoms with Crippen molar-refractivity contribution in [1.29, 1.82) is 0 Å². The van der Waals surface area contributed by atoms with Crippen LogP contribution >= 0.6 is 22.6 Å². The summed E-state index contributed by atoms with van der Waals surface area (Å²) in [5.41, 5.74) is 1.43. The van der Waals surface area contributed by atoms with E-state index in [1.54, 1.807) is 18.0 Å². The Kier molecular flexibility index (Phi) is 3.15. The molecule has 2 aromatic heterocycles. The first-order valence-electron chi connectivity index (χ1n) is 4.38. The van der Waals surface area contributed by atoms with E-state index in [1.165, 1.54) is 6.20 Å². The van der Waals surface area contributed by atoms with Gasteiger partial charge >= 0.3 is 0 Å². The summed E-state index contributed by atoms with van der Waals surface area (Å²) < 4.78 is 20.5. The fraction of sp³-hybridized carbons (Fsp3) is 0.333. The van der Waals surface area contributed by atoms with Crippen LogP contribution in [0.25, 0.3) is 11.0 Å². The van der Waals surface area contributed by atoms with Gasteiger partial charge in [-0.3, -0.25) is 4.68 Å². The van der Waals surface area contributed by atoms with Crippen LogP contribution in [0, 0.1) is 9.39 Å². The molecule has 0 saturated heterocycles. The molecule has 0 fully saturated rings. The van der Waals surface area contributed by atoms with Crippen molar-refractivity contribution < 1.29 is 9.13 Å². The second kappa shape index (κ2) is 4.40. The number of halogens is 2. The number of methoxy groups -OCH3 is 1. The monoisotopic (exact) mass is 321 g/mol. The molecule has 80 valence electrons. The molecular weight excluding hydrogens is 312 g/mol. The Morgan fingerprint density at radius 1 is 1.53 bits per heavy atom. The summed E-state index contributed by atoms with van der Waals surface area (Å²) >= 11 is 1.96. The van der Waals surface area contributed by atoms with Crippen molar-refractivity contribution in [3.8, 4) is 0 Å². The number of hydrogen-bond acceptors (Lipinski definition) is 3. The first kappa shape index (κ1) is 10.7. The number of ether oxygens (including phenoxy) is 1. The molecule has 15 heavy (non-hydrogen) atoms. The molecule has 2 aromatic rings. The lowest BCUT2D eigenvalue weighted by Gasteiger charge is -2.03. The summed E-state index contributed by atoms with van der Waals surface area (Å²) in [4.78, 5) is 3.97. The summed E-state index contributed by atoms with van der Waals surface area (Å²) in [6, 6.07) is 0. The van der Waals surface area contributed by atoms with Gasteiger partial charge in [-0.2, -0.15) is 5.10 Å². The molecule has 0 atom stereocenters. The van der Waals surface area contributed by atoms with Gasteiger partial charge in [-0.1, -0.05) is 0 Å². The van der Waals surface area contributed by atoms with E-state index >= 15 is 0 Å². The van der Waals surface area contributed by atoms with Gasteiger partial charge in [0.2, 0.25) is 0 Å². The van der Waals surface area contributed by atoms with E-state index in [-0.39, 0.29) is 5.82 Å². The van der Waals surface area contributed by atoms with Crippen molar-refractivity contribution in [3.05, 3.63) is 21.8 Å². The Morgan fingerprint density at radius 3 is 3.07 bits per heavy atom. The smallest absolute Gasteiger partial charge is 0.157 e. The van der Waals surface area contributed by atoms with Crippen LogP contribution in [0.2, 0.25) is 0 Å². The Labute approximate surface area is 99.6 Å². The van der Waals surface area contributed by atoms with Crippen molar-refractivity contribution in [2.24, 2.45) is 0 Å². The number of pyridine rings is 1. The van der Waals surface area contributed by atoms with Crippen LogP contribution in [0.3, 0.4) is 0 Å². The molecule has 0 aliphatic rings. The standard InChI is InChI=1S/C9H9FIN3O/c1-15-3-2-14-9-7(5-13-14)12-4-6(10)8(9)11/h4-5H,2-3H2,1H3. The molecule has 0 N–H and O–H groups in total. The molecule has 0 unspecified atom stereocenters. The molecule has 0 radical (unpaired) electrons. The van der Waals surface area contributed by atoms with Crippen molar-refractivity contribution >= 4 is 33.6 Å². The normalized spacial score (nSPS) is 11.1. The molecule has 0 amide bonds. The van der Waals surface area contributed by atoms with E-state index in [9.17, 15) is 4.39 Å². The maximum Gasteiger partial charge on any atom is 0.157 e. The van der Waals surface area contributed by atoms with Crippen LogP contribution in [-0.4, -0.2) is 28.5 Å². The molecular formula is C9H9FIN3O. The van der Waals surface area contributed by atoms with Gasteiger partial charge in [0.05, 0.1) is 29.1 Å². The second-order valence-corrected chi connectivity index (χ2v) is 4.09. The Bertz CT molecular complexity index is 485. The zero-order valence-corrected chi connectivity index (χ0v) is 10.2. The van der Waals surface area contributed by atoms with E-state index < -0.39 is 0 Å². The highest BCUT2D eigenvalue weighted by molar-refractivity contribution is 14.1. The number of rotatable bonds is 3. The van der Waals surface area contributed by atoms with Gasteiger partial charge in [-0.15, -0.1) is 0 Å². The molecule has 2 rings (SSSR count). The van der Waals surface area contributed by atoms with E-state index in [2.05, 4.69) is 10.1 Å². The largest absolute Gasteiger partial charge is 0.383 e.